The maximum Gasteiger partial charge on any atom is 0.433 e. The van der Waals surface area contributed by atoms with E-state index in [4.69, 9.17) is 4.98 Å². The van der Waals surface area contributed by atoms with E-state index in [0.29, 0.717) is 69.7 Å². The third-order valence-corrected chi connectivity index (χ3v) is 19.4. The molecule has 25 heteroatoms. The molecule has 6 bridgehead atoms. The first kappa shape index (κ1) is 62.3. The molecule has 10 aromatic rings. The minimum absolute atomic E-state index is 0.00696. The van der Waals surface area contributed by atoms with Crippen molar-refractivity contribution in [3.05, 3.63) is 222 Å². The van der Waals surface area contributed by atoms with Crippen molar-refractivity contribution in [2.75, 3.05) is 0 Å². The lowest BCUT2D eigenvalue weighted by molar-refractivity contribution is -0.141. The number of para-hydroxylation sites is 4. The monoisotopic (exact) mass is 1290 g/mol. The van der Waals surface area contributed by atoms with Gasteiger partial charge in [-0.1, -0.05) is 42.5 Å². The number of rotatable bonds is 12. The molecule has 0 spiro atoms. The van der Waals surface area contributed by atoms with Gasteiger partial charge in [-0.15, -0.1) is 0 Å². The third kappa shape index (κ3) is 12.7. The first-order chi connectivity index (χ1) is 46.0. The topological polar surface area (TPSA) is 213 Å². The van der Waals surface area contributed by atoms with Crippen LogP contribution in [0.5, 0.6) is 0 Å². The Bertz CT molecular complexity index is 4250. The molecule has 3 amide bonds. The number of halogens is 6. The van der Waals surface area contributed by atoms with Crippen LogP contribution in [0.1, 0.15) is 123 Å². The Morgan fingerprint density at radius 1 is 0.453 bits per heavy atom. The van der Waals surface area contributed by atoms with Crippen molar-refractivity contribution in [2.24, 2.45) is 17.8 Å². The number of alkyl halides is 6. The van der Waals surface area contributed by atoms with Gasteiger partial charge in [-0.3, -0.25) is 24.4 Å². The number of hydrogen-bond donors (Lipinski definition) is 0. The lowest BCUT2D eigenvalue weighted by atomic mass is 9.85. The highest BCUT2D eigenvalue weighted by atomic mass is 19.4. The highest BCUT2D eigenvalue weighted by Crippen LogP contribution is 2.47. The average Bonchev–Trinajstić information content (AvgIpc) is 1.63. The largest absolute Gasteiger partial charge is 0.433 e. The van der Waals surface area contributed by atoms with Crippen LogP contribution >= 0.6 is 0 Å². The molecule has 0 N–H and O–H groups in total. The molecule has 6 aliphatic heterocycles. The summed E-state index contributed by atoms with van der Waals surface area (Å²) < 4.78 is 78.2. The SMILES string of the molecule is Cc1ccc(-c2ncccn2)c(C(=O)N2C3CCC2C(Cc2cnc4ccccc4n2)C3)n1.O=C(c1ccccc1-n1nccn1)N1C2CCC1C(Cc1cc(C(F)(F)F)ccn1)C2.O=C(c1ccccc1-n1nccn1)N1C2CCC1C(Cc1cccc(C(F)(F)F)n1)C2. The van der Waals surface area contributed by atoms with Crippen molar-refractivity contribution in [3.8, 4) is 22.8 Å². The van der Waals surface area contributed by atoms with Crippen molar-refractivity contribution in [1.29, 1.82) is 0 Å². The fraction of sp³-hybridized carbons (Fsp3) is 0.343. The number of nitrogens with zero attached hydrogens (tertiary/aromatic N) is 16. The number of benzene rings is 3. The van der Waals surface area contributed by atoms with Crippen molar-refractivity contribution < 1.29 is 40.7 Å². The maximum atomic E-state index is 13.8. The molecular formula is C70H64F6N16O3. The second-order valence-electron chi connectivity index (χ2n) is 25.1. The van der Waals surface area contributed by atoms with Gasteiger partial charge in [-0.25, -0.2) is 24.9 Å². The van der Waals surface area contributed by atoms with Crippen LogP contribution in [-0.4, -0.2) is 134 Å². The highest BCUT2D eigenvalue weighted by Gasteiger charge is 2.52. The molecule has 484 valence electrons. The smallest absolute Gasteiger partial charge is 0.332 e. The first-order valence-corrected chi connectivity index (χ1v) is 31.9. The molecule has 95 heavy (non-hydrogen) atoms. The molecule has 16 rings (SSSR count). The predicted molar refractivity (Wildman–Crippen MR) is 335 cm³/mol. The Balaban J connectivity index is 0.000000123. The van der Waals surface area contributed by atoms with Gasteiger partial charge in [-0.05, 0) is 181 Å². The van der Waals surface area contributed by atoms with Crippen LogP contribution in [0.15, 0.2) is 171 Å². The van der Waals surface area contributed by atoms with Crippen molar-refractivity contribution >= 4 is 28.8 Å². The van der Waals surface area contributed by atoms with Gasteiger partial charge in [0.15, 0.2) is 5.82 Å². The molecule has 6 fully saturated rings. The molecule has 0 aliphatic carbocycles. The number of aryl methyl sites for hydroxylation is 1. The van der Waals surface area contributed by atoms with Crippen LogP contribution in [0.3, 0.4) is 0 Å². The zero-order valence-corrected chi connectivity index (χ0v) is 51.5. The van der Waals surface area contributed by atoms with E-state index in [9.17, 15) is 40.7 Å². The minimum Gasteiger partial charge on any atom is -0.332 e. The molecule has 13 heterocycles. The normalized spacial score (nSPS) is 22.4. The fourth-order valence-corrected chi connectivity index (χ4v) is 15.4. The second kappa shape index (κ2) is 25.9. The third-order valence-electron chi connectivity index (χ3n) is 19.4. The quantitative estimate of drug-likeness (QED) is 0.104. The Morgan fingerprint density at radius 2 is 0.968 bits per heavy atom. The minimum atomic E-state index is -4.46. The molecule has 9 unspecified atom stereocenters. The standard InChI is InChI=1S/C26H24N6O.2C22H20F3N5O/c1-16-7-9-20(25-27-11-4-12-28-25)24(30-16)26(33)32-19-8-10-23(32)17(14-19)13-18-15-29-21-5-2-3-6-22(21)31-18;23-22(24,25)20-7-3-4-15(28-20)12-14-13-16-8-9-18(14)29(16)21(31)17-5-1-2-6-19(17)30-26-10-11-27-30;23-22(24,25)15-7-8-26-16(13-15)11-14-12-17-5-6-19(14)29(17)21(31)18-3-1-2-4-20(18)30-27-9-10-28-30/h2-7,9,11-12,15,17,19,23H,8,10,13-14H2,1H3;1-7,10-11,14,16,18H,8-9,12-13H2;1-4,7-10,13-14,17,19H,5-6,11-12H2. The van der Waals surface area contributed by atoms with Gasteiger partial charge in [0.25, 0.3) is 17.7 Å². The van der Waals surface area contributed by atoms with E-state index < -0.39 is 23.6 Å². The first-order valence-electron chi connectivity index (χ1n) is 31.9. The molecule has 3 aromatic carbocycles. The second-order valence-corrected chi connectivity index (χ2v) is 25.1. The Labute approximate surface area is 541 Å². The van der Waals surface area contributed by atoms with E-state index >= 15 is 0 Å². The molecule has 9 atom stereocenters. The lowest BCUT2D eigenvalue weighted by Gasteiger charge is -2.25. The zero-order valence-electron chi connectivity index (χ0n) is 51.5. The van der Waals surface area contributed by atoms with E-state index in [0.717, 1.165) is 105 Å². The summed E-state index contributed by atoms with van der Waals surface area (Å²) in [5, 5.41) is 16.6. The maximum absolute atomic E-state index is 13.8. The van der Waals surface area contributed by atoms with Crippen molar-refractivity contribution in [3.63, 3.8) is 0 Å². The number of carbonyl (C=O) groups is 3. The number of fused-ring (bicyclic) bond motifs is 7. The molecular weight excluding hydrogens is 1230 g/mol. The van der Waals surface area contributed by atoms with E-state index in [1.807, 2.05) is 83.6 Å². The van der Waals surface area contributed by atoms with Gasteiger partial charge < -0.3 is 14.7 Å². The fourth-order valence-electron chi connectivity index (χ4n) is 15.4. The Morgan fingerprint density at radius 3 is 1.53 bits per heavy atom. The van der Waals surface area contributed by atoms with E-state index in [1.165, 1.54) is 21.9 Å². The highest BCUT2D eigenvalue weighted by molar-refractivity contribution is 6.00. The summed E-state index contributed by atoms with van der Waals surface area (Å²) in [5.74, 6) is 0.912. The summed E-state index contributed by atoms with van der Waals surface area (Å²) >= 11 is 0. The number of carbonyl (C=O) groups excluding carboxylic acids is 3. The molecule has 19 nitrogen and oxygen atoms in total. The Hall–Kier alpha value is -10.2. The van der Waals surface area contributed by atoms with Crippen LogP contribution in [0, 0.1) is 24.7 Å². The average molecular weight is 1290 g/mol. The van der Waals surface area contributed by atoms with Crippen LogP contribution < -0.4 is 0 Å². The van der Waals surface area contributed by atoms with Crippen LogP contribution in [-0.2, 0) is 31.6 Å². The lowest BCUT2D eigenvalue weighted by Crippen LogP contribution is -2.37. The van der Waals surface area contributed by atoms with Gasteiger partial charge >= 0.3 is 12.4 Å². The summed E-state index contributed by atoms with van der Waals surface area (Å²) in [4.78, 5) is 80.3. The predicted octanol–water partition coefficient (Wildman–Crippen LogP) is 11.9. The summed E-state index contributed by atoms with van der Waals surface area (Å²) in [7, 11) is 0. The van der Waals surface area contributed by atoms with Gasteiger partial charge in [0.2, 0.25) is 0 Å². The van der Waals surface area contributed by atoms with Crippen LogP contribution in [0.4, 0.5) is 26.3 Å². The number of hydrogen-bond acceptors (Lipinski definition) is 14. The molecule has 6 aliphatic rings. The summed E-state index contributed by atoms with van der Waals surface area (Å²) in [6.45, 7) is 1.91. The molecule has 0 saturated carbocycles. The summed E-state index contributed by atoms with van der Waals surface area (Å²) in [5.41, 5.74) is 6.31. The molecule has 0 radical (unpaired) electrons. The molecule has 7 aromatic heterocycles. The summed E-state index contributed by atoms with van der Waals surface area (Å²) in [6, 6.07) is 34.7. The van der Waals surface area contributed by atoms with Crippen LogP contribution in [0.25, 0.3) is 33.8 Å². The van der Waals surface area contributed by atoms with Gasteiger partial charge in [0, 0.05) is 78.1 Å². The van der Waals surface area contributed by atoms with Crippen molar-refractivity contribution in [1.82, 2.24) is 79.6 Å². The Kier molecular flexibility index (Phi) is 17.0. The van der Waals surface area contributed by atoms with E-state index in [2.05, 4.69) is 55.2 Å². The zero-order chi connectivity index (χ0) is 65.5. The number of pyridine rings is 3. The van der Waals surface area contributed by atoms with Crippen LogP contribution in [0.2, 0.25) is 0 Å². The number of amides is 3. The van der Waals surface area contributed by atoms with Gasteiger partial charge in [0.05, 0.1) is 75.1 Å². The molecule has 6 saturated heterocycles. The summed E-state index contributed by atoms with van der Waals surface area (Å²) in [6.07, 6.45) is 13.6. The van der Waals surface area contributed by atoms with Gasteiger partial charge in [0.1, 0.15) is 11.4 Å². The van der Waals surface area contributed by atoms with Crippen molar-refractivity contribution in [2.45, 2.75) is 133 Å². The van der Waals surface area contributed by atoms with Gasteiger partial charge in [-0.2, -0.15) is 56.3 Å². The number of aromatic nitrogens is 13. The van der Waals surface area contributed by atoms with E-state index in [1.54, 1.807) is 73.6 Å². The van der Waals surface area contributed by atoms with E-state index in [-0.39, 0.29) is 65.8 Å².